The van der Waals surface area contributed by atoms with Crippen LogP contribution in [-0.4, -0.2) is 11.0 Å². The van der Waals surface area contributed by atoms with Gasteiger partial charge in [0.25, 0.3) is 5.91 Å². The van der Waals surface area contributed by atoms with Crippen molar-refractivity contribution >= 4 is 28.8 Å². The third-order valence-corrected chi connectivity index (χ3v) is 4.23. The number of carbonyl (C=O) groups excluding carboxylic acids is 1. The first-order chi connectivity index (χ1) is 10.7. The molecule has 0 unspecified atom stereocenters. The number of thioether (sulfide) groups is 1. The molecule has 2 nitrogen and oxygen atoms in total. The molecule has 0 saturated heterocycles. The summed E-state index contributed by atoms with van der Waals surface area (Å²) in [4.78, 5) is 16.9. The quantitative estimate of drug-likeness (QED) is 0.770. The van der Waals surface area contributed by atoms with E-state index in [4.69, 9.17) is 0 Å². The van der Waals surface area contributed by atoms with Gasteiger partial charge in [-0.05, 0) is 24.1 Å². The molecule has 0 N–H and O–H groups in total. The second kappa shape index (κ2) is 6.58. The number of nitrogens with zero attached hydrogens (tertiary/aromatic N) is 1. The Labute approximate surface area is 134 Å². The van der Waals surface area contributed by atoms with E-state index in [0.717, 1.165) is 21.7 Å². The predicted molar refractivity (Wildman–Crippen MR) is 93.8 cm³/mol. The summed E-state index contributed by atoms with van der Waals surface area (Å²) in [5, 5.41) is 0.768. The molecule has 1 heterocycles. The summed E-state index contributed by atoms with van der Waals surface area (Å²) in [7, 11) is 0. The molecule has 0 atom stereocenters. The normalized spacial score (nSPS) is 17.0. The van der Waals surface area contributed by atoms with E-state index in [1.807, 2.05) is 73.7 Å². The zero-order chi connectivity index (χ0) is 15.4. The molecule has 108 valence electrons. The SMILES string of the molecule is CC(=Cc1ccccc1)C=C1SC(c2ccccc2)=NC1=O. The molecule has 0 bridgehead atoms. The van der Waals surface area contributed by atoms with Crippen molar-refractivity contribution in [3.8, 4) is 0 Å². The van der Waals surface area contributed by atoms with Crippen LogP contribution in [-0.2, 0) is 4.79 Å². The summed E-state index contributed by atoms with van der Waals surface area (Å²) < 4.78 is 0. The number of aliphatic imine (C=N–C) groups is 1. The van der Waals surface area contributed by atoms with Crippen molar-refractivity contribution in [2.75, 3.05) is 0 Å². The Kier molecular flexibility index (Phi) is 4.35. The molecule has 2 aromatic rings. The molecule has 0 aliphatic carbocycles. The summed E-state index contributed by atoms with van der Waals surface area (Å²) in [6.07, 6.45) is 3.96. The molecule has 3 heteroatoms. The van der Waals surface area contributed by atoms with Crippen LogP contribution in [0.1, 0.15) is 18.1 Å². The Morgan fingerprint density at radius 2 is 1.64 bits per heavy atom. The topological polar surface area (TPSA) is 29.4 Å². The molecular formula is C19H15NOS. The fraction of sp³-hybridized carbons (Fsp3) is 0.0526. The zero-order valence-electron chi connectivity index (χ0n) is 12.2. The summed E-state index contributed by atoms with van der Waals surface area (Å²) >= 11 is 1.43. The van der Waals surface area contributed by atoms with Crippen molar-refractivity contribution in [1.82, 2.24) is 0 Å². The molecule has 0 fully saturated rings. The zero-order valence-corrected chi connectivity index (χ0v) is 13.0. The first-order valence-corrected chi connectivity index (χ1v) is 7.85. The third-order valence-electron chi connectivity index (χ3n) is 3.19. The van der Waals surface area contributed by atoms with E-state index in [0.29, 0.717) is 4.91 Å². The van der Waals surface area contributed by atoms with Crippen molar-refractivity contribution in [3.63, 3.8) is 0 Å². The number of amides is 1. The number of rotatable bonds is 3. The van der Waals surface area contributed by atoms with Crippen LogP contribution in [0.25, 0.3) is 6.08 Å². The molecule has 22 heavy (non-hydrogen) atoms. The van der Waals surface area contributed by atoms with Crippen LogP contribution >= 0.6 is 11.8 Å². The van der Waals surface area contributed by atoms with Gasteiger partial charge in [0.1, 0.15) is 5.04 Å². The average Bonchev–Trinajstić information content (AvgIpc) is 2.90. The van der Waals surface area contributed by atoms with E-state index in [-0.39, 0.29) is 5.91 Å². The molecule has 1 aliphatic heterocycles. The Balaban J connectivity index is 1.80. The van der Waals surface area contributed by atoms with Gasteiger partial charge in [0.2, 0.25) is 0 Å². The van der Waals surface area contributed by atoms with E-state index < -0.39 is 0 Å². The summed E-state index contributed by atoms with van der Waals surface area (Å²) in [5.41, 5.74) is 3.14. The van der Waals surface area contributed by atoms with Crippen LogP contribution in [0.15, 0.2) is 82.2 Å². The average molecular weight is 305 g/mol. The molecule has 2 aromatic carbocycles. The van der Waals surface area contributed by atoms with Crippen LogP contribution in [0.5, 0.6) is 0 Å². The lowest BCUT2D eigenvalue weighted by Crippen LogP contribution is -1.89. The maximum Gasteiger partial charge on any atom is 0.284 e. The van der Waals surface area contributed by atoms with E-state index in [2.05, 4.69) is 11.1 Å². The minimum Gasteiger partial charge on any atom is -0.266 e. The van der Waals surface area contributed by atoms with Crippen LogP contribution < -0.4 is 0 Å². The second-order valence-electron chi connectivity index (χ2n) is 5.00. The van der Waals surface area contributed by atoms with E-state index in [9.17, 15) is 4.79 Å². The van der Waals surface area contributed by atoms with E-state index in [1.165, 1.54) is 11.8 Å². The number of hydrogen-bond donors (Lipinski definition) is 0. The van der Waals surface area contributed by atoms with Gasteiger partial charge in [0.05, 0.1) is 4.91 Å². The van der Waals surface area contributed by atoms with Gasteiger partial charge in [-0.3, -0.25) is 4.79 Å². The molecule has 0 spiro atoms. The van der Waals surface area contributed by atoms with Crippen molar-refractivity contribution in [2.45, 2.75) is 6.92 Å². The third kappa shape index (κ3) is 3.43. The van der Waals surface area contributed by atoms with Gasteiger partial charge in [-0.1, -0.05) is 78.5 Å². The van der Waals surface area contributed by atoms with Crippen molar-refractivity contribution in [3.05, 3.63) is 88.3 Å². The highest BCUT2D eigenvalue weighted by molar-refractivity contribution is 8.19. The van der Waals surface area contributed by atoms with Gasteiger partial charge in [-0.15, -0.1) is 0 Å². The van der Waals surface area contributed by atoms with Crippen molar-refractivity contribution < 1.29 is 4.79 Å². The molecule has 0 aromatic heterocycles. The van der Waals surface area contributed by atoms with Crippen LogP contribution in [0.3, 0.4) is 0 Å². The maximum absolute atomic E-state index is 12.0. The van der Waals surface area contributed by atoms with Gasteiger partial charge < -0.3 is 0 Å². The fourth-order valence-corrected chi connectivity index (χ4v) is 3.14. The maximum atomic E-state index is 12.0. The number of carbonyl (C=O) groups is 1. The highest BCUT2D eigenvalue weighted by Crippen LogP contribution is 2.31. The van der Waals surface area contributed by atoms with Crippen LogP contribution in [0.2, 0.25) is 0 Å². The Morgan fingerprint density at radius 1 is 1.00 bits per heavy atom. The van der Waals surface area contributed by atoms with Crippen LogP contribution in [0, 0.1) is 0 Å². The summed E-state index contributed by atoms with van der Waals surface area (Å²) in [6.45, 7) is 1.99. The van der Waals surface area contributed by atoms with Crippen molar-refractivity contribution in [2.24, 2.45) is 4.99 Å². The molecule has 0 saturated carbocycles. The van der Waals surface area contributed by atoms with Crippen molar-refractivity contribution in [1.29, 1.82) is 0 Å². The van der Waals surface area contributed by atoms with Crippen LogP contribution in [0.4, 0.5) is 0 Å². The Bertz CT molecular complexity index is 774. The monoisotopic (exact) mass is 305 g/mol. The van der Waals surface area contributed by atoms with Gasteiger partial charge in [-0.25, -0.2) is 4.99 Å². The first-order valence-electron chi connectivity index (χ1n) is 7.04. The van der Waals surface area contributed by atoms with E-state index >= 15 is 0 Å². The largest absolute Gasteiger partial charge is 0.284 e. The summed E-state index contributed by atoms with van der Waals surface area (Å²) in [6, 6.07) is 19.8. The van der Waals surface area contributed by atoms with Gasteiger partial charge in [0.15, 0.2) is 0 Å². The number of allylic oxidation sites excluding steroid dienone is 2. The lowest BCUT2D eigenvalue weighted by Gasteiger charge is -1.99. The Hall–Kier alpha value is -2.39. The minimum atomic E-state index is -0.162. The molecule has 1 aliphatic rings. The molecule has 0 radical (unpaired) electrons. The highest BCUT2D eigenvalue weighted by Gasteiger charge is 2.22. The number of benzene rings is 2. The smallest absolute Gasteiger partial charge is 0.266 e. The molecular weight excluding hydrogens is 290 g/mol. The fourth-order valence-electron chi connectivity index (χ4n) is 2.17. The highest BCUT2D eigenvalue weighted by atomic mass is 32.2. The minimum absolute atomic E-state index is 0.162. The van der Waals surface area contributed by atoms with Gasteiger partial charge >= 0.3 is 0 Å². The first kappa shape index (κ1) is 14.5. The Morgan fingerprint density at radius 3 is 2.32 bits per heavy atom. The van der Waals surface area contributed by atoms with Gasteiger partial charge in [0, 0.05) is 5.56 Å². The molecule has 3 rings (SSSR count). The van der Waals surface area contributed by atoms with Gasteiger partial charge in [-0.2, -0.15) is 0 Å². The lowest BCUT2D eigenvalue weighted by atomic mass is 10.1. The molecule has 1 amide bonds. The number of hydrogen-bond acceptors (Lipinski definition) is 2. The standard InChI is InChI=1S/C19H15NOS/c1-14(12-15-8-4-2-5-9-15)13-17-18(21)20-19(22-17)16-10-6-3-7-11-16/h2-13H,1H3. The lowest BCUT2D eigenvalue weighted by molar-refractivity contribution is -0.113. The van der Waals surface area contributed by atoms with E-state index in [1.54, 1.807) is 0 Å². The summed E-state index contributed by atoms with van der Waals surface area (Å²) in [5.74, 6) is -0.162. The second-order valence-corrected chi connectivity index (χ2v) is 6.03. The predicted octanol–water partition coefficient (Wildman–Crippen LogP) is 4.69.